The van der Waals surface area contributed by atoms with Crippen LogP contribution in [-0.4, -0.2) is 15.5 Å². The summed E-state index contributed by atoms with van der Waals surface area (Å²) < 4.78 is 28.3. The quantitative estimate of drug-likeness (QED) is 0.658. The molecule has 0 saturated heterocycles. The van der Waals surface area contributed by atoms with Crippen LogP contribution in [0.25, 0.3) is 11.0 Å². The third kappa shape index (κ3) is 3.11. The van der Waals surface area contributed by atoms with Gasteiger partial charge in [-0.15, -0.1) is 11.3 Å². The molecular weight excluding hydrogens is 379 g/mol. The third-order valence-corrected chi connectivity index (χ3v) is 4.94. The highest BCUT2D eigenvalue weighted by Crippen LogP contribution is 2.32. The second-order valence-corrected chi connectivity index (χ2v) is 7.32. The summed E-state index contributed by atoms with van der Waals surface area (Å²) in [5.74, 6) is -0.430. The van der Waals surface area contributed by atoms with Gasteiger partial charge in [-0.3, -0.25) is 9.36 Å². The summed E-state index contributed by atoms with van der Waals surface area (Å²) in [6.07, 6.45) is 0. The number of hydrogen-bond donors (Lipinski definition) is 1. The number of benzene rings is 1. The van der Waals surface area contributed by atoms with Crippen molar-refractivity contribution in [2.75, 3.05) is 0 Å². The van der Waals surface area contributed by atoms with Crippen molar-refractivity contribution in [3.05, 3.63) is 50.4 Å². The van der Waals surface area contributed by atoms with Crippen molar-refractivity contribution in [3.63, 3.8) is 0 Å². The van der Waals surface area contributed by atoms with E-state index in [0.29, 0.717) is 15.4 Å². The summed E-state index contributed by atoms with van der Waals surface area (Å²) in [5.41, 5.74) is 0.948. The van der Waals surface area contributed by atoms with E-state index in [1.54, 1.807) is 31.2 Å². The van der Waals surface area contributed by atoms with Crippen LogP contribution in [0.2, 0.25) is 8.67 Å². The van der Waals surface area contributed by atoms with Crippen molar-refractivity contribution >= 4 is 51.5 Å². The van der Waals surface area contributed by atoms with Gasteiger partial charge in [-0.1, -0.05) is 35.3 Å². The molecule has 24 heavy (non-hydrogen) atoms. The van der Waals surface area contributed by atoms with Gasteiger partial charge in [-0.05, 0) is 25.1 Å². The second kappa shape index (κ2) is 6.66. The van der Waals surface area contributed by atoms with Crippen LogP contribution in [0.15, 0.2) is 30.3 Å². The first-order valence-corrected chi connectivity index (χ1v) is 8.46. The molecule has 4 nitrogen and oxygen atoms in total. The van der Waals surface area contributed by atoms with Crippen molar-refractivity contribution in [1.29, 1.82) is 0 Å². The molecule has 1 atom stereocenters. The minimum Gasteiger partial charge on any atom is -0.342 e. The number of amides is 1. The molecule has 1 unspecified atom stereocenters. The normalized spacial score (nSPS) is 12.8. The van der Waals surface area contributed by atoms with Gasteiger partial charge in [0.15, 0.2) is 0 Å². The monoisotopic (exact) mass is 389 g/mol. The van der Waals surface area contributed by atoms with E-state index in [1.807, 2.05) is 0 Å². The first-order chi connectivity index (χ1) is 11.4. The Morgan fingerprint density at radius 1 is 1.33 bits per heavy atom. The summed E-state index contributed by atoms with van der Waals surface area (Å²) in [5, 5.41) is 2.63. The van der Waals surface area contributed by atoms with Gasteiger partial charge in [0.2, 0.25) is 0 Å². The van der Waals surface area contributed by atoms with E-state index in [4.69, 9.17) is 23.2 Å². The van der Waals surface area contributed by atoms with Crippen LogP contribution in [0.3, 0.4) is 0 Å². The summed E-state index contributed by atoms with van der Waals surface area (Å²) in [4.78, 5) is 16.5. The maximum Gasteiger partial charge on any atom is 0.320 e. The maximum atomic E-state index is 13.5. The molecule has 0 bridgehead atoms. The van der Waals surface area contributed by atoms with Gasteiger partial charge in [-0.2, -0.15) is 8.78 Å². The van der Waals surface area contributed by atoms with Crippen molar-refractivity contribution in [2.24, 2.45) is 0 Å². The average Bonchev–Trinajstić information content (AvgIpc) is 3.07. The van der Waals surface area contributed by atoms with Crippen LogP contribution in [0.1, 0.15) is 35.7 Å². The largest absolute Gasteiger partial charge is 0.342 e. The number of imidazole rings is 1. The highest BCUT2D eigenvalue weighted by molar-refractivity contribution is 7.20. The minimum absolute atomic E-state index is 0.0667. The Labute approximate surface area is 150 Å². The molecule has 0 aliphatic carbocycles. The minimum atomic E-state index is -2.77. The molecule has 1 aromatic carbocycles. The molecule has 9 heteroatoms. The number of halogens is 4. The molecule has 1 amide bonds. The Morgan fingerprint density at radius 2 is 2.04 bits per heavy atom. The molecule has 2 heterocycles. The number of rotatable bonds is 4. The lowest BCUT2D eigenvalue weighted by molar-refractivity contribution is 0.0688. The number of nitrogens with one attached hydrogen (secondary N) is 1. The number of aromatic nitrogens is 2. The average molecular weight is 390 g/mol. The van der Waals surface area contributed by atoms with E-state index in [2.05, 4.69) is 10.3 Å². The highest BCUT2D eigenvalue weighted by Gasteiger charge is 2.24. The number of para-hydroxylation sites is 2. The number of fused-ring (bicyclic) bond motifs is 1. The zero-order valence-electron chi connectivity index (χ0n) is 12.3. The lowest BCUT2D eigenvalue weighted by Gasteiger charge is -2.15. The van der Waals surface area contributed by atoms with Gasteiger partial charge in [0.25, 0.3) is 5.91 Å². The third-order valence-electron chi connectivity index (χ3n) is 3.45. The Kier molecular flexibility index (Phi) is 4.76. The SMILES string of the molecule is CC(NC(=O)c1cc(Cl)sc1Cl)c1nc2ccccc2n1C(F)F. The number of nitrogens with zero attached hydrogens (tertiary/aromatic N) is 2. The van der Waals surface area contributed by atoms with Gasteiger partial charge >= 0.3 is 6.55 Å². The van der Waals surface area contributed by atoms with E-state index in [9.17, 15) is 13.6 Å². The van der Waals surface area contributed by atoms with Gasteiger partial charge in [-0.25, -0.2) is 4.98 Å². The summed E-state index contributed by atoms with van der Waals surface area (Å²) in [7, 11) is 0. The smallest absolute Gasteiger partial charge is 0.320 e. The molecular formula is C15H11Cl2F2N3OS. The van der Waals surface area contributed by atoms with Crippen molar-refractivity contribution in [2.45, 2.75) is 19.5 Å². The summed E-state index contributed by atoms with van der Waals surface area (Å²) in [6.45, 7) is -1.19. The van der Waals surface area contributed by atoms with E-state index in [0.717, 1.165) is 15.9 Å². The number of alkyl halides is 2. The molecule has 3 rings (SSSR count). The van der Waals surface area contributed by atoms with Crippen molar-refractivity contribution < 1.29 is 13.6 Å². The fraction of sp³-hybridized carbons (Fsp3) is 0.200. The Bertz CT molecular complexity index is 909. The molecule has 0 fully saturated rings. The predicted octanol–water partition coefficient (Wildman–Crippen LogP) is 5.29. The van der Waals surface area contributed by atoms with Crippen LogP contribution >= 0.6 is 34.5 Å². The van der Waals surface area contributed by atoms with Crippen LogP contribution in [-0.2, 0) is 0 Å². The standard InChI is InChI=1S/C15H11Cl2F2N3OS/c1-7(20-14(23)8-6-11(16)24-12(8)17)13-21-9-4-2-3-5-10(9)22(13)15(18)19/h2-7,15H,1H3,(H,20,23). The molecule has 126 valence electrons. The molecule has 3 aromatic rings. The second-order valence-electron chi connectivity index (χ2n) is 5.04. The molecule has 0 spiro atoms. The number of carbonyl (C=O) groups excluding carboxylic acids is 1. The van der Waals surface area contributed by atoms with Gasteiger partial charge in [0, 0.05) is 0 Å². The number of thiophene rings is 1. The zero-order valence-corrected chi connectivity index (χ0v) is 14.6. The Balaban J connectivity index is 1.94. The fourth-order valence-corrected chi connectivity index (χ4v) is 3.87. The fourth-order valence-electron chi connectivity index (χ4n) is 2.41. The van der Waals surface area contributed by atoms with E-state index >= 15 is 0 Å². The van der Waals surface area contributed by atoms with Crippen LogP contribution in [0.5, 0.6) is 0 Å². The van der Waals surface area contributed by atoms with Crippen LogP contribution < -0.4 is 5.32 Å². The lowest BCUT2D eigenvalue weighted by Crippen LogP contribution is -2.28. The van der Waals surface area contributed by atoms with Gasteiger partial charge in [0.1, 0.15) is 10.2 Å². The van der Waals surface area contributed by atoms with E-state index < -0.39 is 18.5 Å². The van der Waals surface area contributed by atoms with Gasteiger partial charge in [0.05, 0.1) is 27.0 Å². The molecule has 1 N–H and O–H groups in total. The van der Waals surface area contributed by atoms with E-state index in [-0.39, 0.29) is 15.7 Å². The topological polar surface area (TPSA) is 46.9 Å². The lowest BCUT2D eigenvalue weighted by atomic mass is 10.2. The van der Waals surface area contributed by atoms with E-state index in [1.165, 1.54) is 6.07 Å². The zero-order chi connectivity index (χ0) is 17.4. The summed E-state index contributed by atoms with van der Waals surface area (Å²) in [6, 6.07) is 7.26. The summed E-state index contributed by atoms with van der Waals surface area (Å²) >= 11 is 12.8. The van der Waals surface area contributed by atoms with Crippen LogP contribution in [0, 0.1) is 0 Å². The molecule has 0 aliphatic heterocycles. The predicted molar refractivity (Wildman–Crippen MR) is 91.2 cm³/mol. The van der Waals surface area contributed by atoms with Crippen molar-refractivity contribution in [3.8, 4) is 0 Å². The first-order valence-electron chi connectivity index (χ1n) is 6.89. The van der Waals surface area contributed by atoms with Crippen molar-refractivity contribution in [1.82, 2.24) is 14.9 Å². The molecule has 0 radical (unpaired) electrons. The Morgan fingerprint density at radius 3 is 2.67 bits per heavy atom. The molecule has 2 aromatic heterocycles. The maximum absolute atomic E-state index is 13.5. The number of carbonyl (C=O) groups is 1. The molecule has 0 aliphatic rings. The van der Waals surface area contributed by atoms with Gasteiger partial charge < -0.3 is 5.32 Å². The first kappa shape index (κ1) is 17.1. The molecule has 0 saturated carbocycles. The van der Waals surface area contributed by atoms with Crippen LogP contribution in [0.4, 0.5) is 8.78 Å². The Hall–Kier alpha value is -1.70. The number of hydrogen-bond acceptors (Lipinski definition) is 3. The highest BCUT2D eigenvalue weighted by atomic mass is 35.5.